The van der Waals surface area contributed by atoms with Crippen LogP contribution in [0, 0.1) is 0 Å². The first-order chi connectivity index (χ1) is 7.86. The lowest BCUT2D eigenvalue weighted by Crippen LogP contribution is -2.25. The fourth-order valence-electron chi connectivity index (χ4n) is 2.37. The van der Waals surface area contributed by atoms with E-state index in [9.17, 15) is 0 Å². The quantitative estimate of drug-likeness (QED) is 0.616. The number of ether oxygens (including phenoxy) is 2. The van der Waals surface area contributed by atoms with Crippen molar-refractivity contribution in [2.24, 2.45) is 0 Å². The van der Waals surface area contributed by atoms with Crippen molar-refractivity contribution in [3.8, 4) is 0 Å². The van der Waals surface area contributed by atoms with Gasteiger partial charge >= 0.3 is 0 Å². The highest BCUT2D eigenvalue weighted by Crippen LogP contribution is 2.18. The van der Waals surface area contributed by atoms with Gasteiger partial charge in [0, 0.05) is 26.4 Å². The Balaban J connectivity index is 1.99. The molecule has 1 aliphatic heterocycles. The zero-order chi connectivity index (χ0) is 11.6. The van der Waals surface area contributed by atoms with Crippen LogP contribution < -0.4 is 5.32 Å². The van der Waals surface area contributed by atoms with Gasteiger partial charge in [-0.25, -0.2) is 0 Å². The van der Waals surface area contributed by atoms with E-state index in [-0.39, 0.29) is 0 Å². The van der Waals surface area contributed by atoms with Crippen molar-refractivity contribution in [3.63, 3.8) is 0 Å². The molecule has 1 saturated heterocycles. The van der Waals surface area contributed by atoms with Crippen LogP contribution in [0.25, 0.3) is 0 Å². The number of rotatable bonds is 9. The standard InChI is InChI=1S/C13H27NO2/c1-14-12(7-4-10-15-2)6-3-8-13-9-5-11-16-13/h12-14H,3-11H2,1-2H3. The molecule has 3 nitrogen and oxygen atoms in total. The van der Waals surface area contributed by atoms with Gasteiger partial charge in [0.2, 0.25) is 0 Å². The van der Waals surface area contributed by atoms with Crippen LogP contribution in [0.15, 0.2) is 0 Å². The minimum Gasteiger partial charge on any atom is -0.385 e. The Hall–Kier alpha value is -0.120. The maximum atomic E-state index is 5.63. The van der Waals surface area contributed by atoms with E-state index in [0.717, 1.165) is 19.6 Å². The van der Waals surface area contributed by atoms with Gasteiger partial charge in [-0.1, -0.05) is 0 Å². The second kappa shape index (κ2) is 8.97. The van der Waals surface area contributed by atoms with Crippen molar-refractivity contribution >= 4 is 0 Å². The number of nitrogens with one attached hydrogen (secondary N) is 1. The van der Waals surface area contributed by atoms with Crippen molar-refractivity contribution in [2.75, 3.05) is 27.4 Å². The van der Waals surface area contributed by atoms with Crippen LogP contribution in [0.5, 0.6) is 0 Å². The summed E-state index contributed by atoms with van der Waals surface area (Å²) >= 11 is 0. The van der Waals surface area contributed by atoms with Crippen LogP contribution in [-0.4, -0.2) is 39.5 Å². The van der Waals surface area contributed by atoms with Crippen LogP contribution in [0.3, 0.4) is 0 Å². The fraction of sp³-hybridized carbons (Fsp3) is 1.00. The van der Waals surface area contributed by atoms with Crippen molar-refractivity contribution in [1.82, 2.24) is 5.32 Å². The molecule has 1 aliphatic rings. The predicted molar refractivity (Wildman–Crippen MR) is 66.8 cm³/mol. The van der Waals surface area contributed by atoms with Gasteiger partial charge in [0.05, 0.1) is 6.10 Å². The van der Waals surface area contributed by atoms with E-state index in [1.165, 1.54) is 38.5 Å². The van der Waals surface area contributed by atoms with Gasteiger partial charge in [0.15, 0.2) is 0 Å². The Morgan fingerprint density at radius 2 is 2.19 bits per heavy atom. The molecule has 2 atom stereocenters. The summed E-state index contributed by atoms with van der Waals surface area (Å²) < 4.78 is 10.7. The molecule has 0 radical (unpaired) electrons. The normalized spacial score (nSPS) is 22.5. The van der Waals surface area contributed by atoms with Crippen molar-refractivity contribution < 1.29 is 9.47 Å². The molecule has 2 unspecified atom stereocenters. The second-order valence-electron chi connectivity index (χ2n) is 4.69. The zero-order valence-electron chi connectivity index (χ0n) is 10.8. The number of methoxy groups -OCH3 is 1. The molecule has 0 aliphatic carbocycles. The van der Waals surface area contributed by atoms with Crippen LogP contribution in [0.4, 0.5) is 0 Å². The molecule has 1 heterocycles. The molecule has 0 aromatic heterocycles. The SMILES string of the molecule is CNC(CCCOC)CCCC1CCCO1. The Labute approximate surface area is 99.9 Å². The lowest BCUT2D eigenvalue weighted by molar-refractivity contribution is 0.101. The van der Waals surface area contributed by atoms with Gasteiger partial charge in [-0.3, -0.25) is 0 Å². The minimum atomic E-state index is 0.552. The molecule has 0 spiro atoms. The third-order valence-electron chi connectivity index (χ3n) is 3.41. The van der Waals surface area contributed by atoms with Gasteiger partial charge in [0.25, 0.3) is 0 Å². The number of hydrogen-bond donors (Lipinski definition) is 1. The highest BCUT2D eigenvalue weighted by Gasteiger charge is 2.15. The van der Waals surface area contributed by atoms with E-state index in [1.807, 2.05) is 0 Å². The Kier molecular flexibility index (Phi) is 7.81. The summed E-state index contributed by atoms with van der Waals surface area (Å²) in [6.07, 6.45) is 9.24. The summed E-state index contributed by atoms with van der Waals surface area (Å²) in [5.41, 5.74) is 0. The van der Waals surface area contributed by atoms with Crippen molar-refractivity contribution in [1.29, 1.82) is 0 Å². The van der Waals surface area contributed by atoms with Gasteiger partial charge in [-0.05, 0) is 52.0 Å². The molecular formula is C13H27NO2. The maximum Gasteiger partial charge on any atom is 0.0576 e. The van der Waals surface area contributed by atoms with Gasteiger partial charge in [-0.2, -0.15) is 0 Å². The van der Waals surface area contributed by atoms with E-state index in [2.05, 4.69) is 12.4 Å². The summed E-state index contributed by atoms with van der Waals surface area (Å²) in [6.45, 7) is 1.86. The average Bonchev–Trinajstić information content (AvgIpc) is 2.80. The summed E-state index contributed by atoms with van der Waals surface area (Å²) in [4.78, 5) is 0. The highest BCUT2D eigenvalue weighted by molar-refractivity contribution is 4.69. The first-order valence-corrected chi connectivity index (χ1v) is 6.64. The zero-order valence-corrected chi connectivity index (χ0v) is 10.8. The van der Waals surface area contributed by atoms with Gasteiger partial charge in [0.1, 0.15) is 0 Å². The molecule has 0 aromatic carbocycles. The largest absolute Gasteiger partial charge is 0.385 e. The summed E-state index contributed by atoms with van der Waals surface area (Å²) in [6, 6.07) is 0.650. The highest BCUT2D eigenvalue weighted by atomic mass is 16.5. The predicted octanol–water partition coefficient (Wildman–Crippen LogP) is 2.35. The molecule has 96 valence electrons. The average molecular weight is 229 g/mol. The smallest absolute Gasteiger partial charge is 0.0576 e. The van der Waals surface area contributed by atoms with E-state index >= 15 is 0 Å². The Morgan fingerprint density at radius 3 is 2.81 bits per heavy atom. The molecule has 0 aromatic rings. The van der Waals surface area contributed by atoms with Crippen molar-refractivity contribution in [3.05, 3.63) is 0 Å². The summed E-state index contributed by atoms with van der Waals surface area (Å²) in [7, 11) is 3.83. The number of hydrogen-bond acceptors (Lipinski definition) is 3. The second-order valence-corrected chi connectivity index (χ2v) is 4.69. The Bertz CT molecular complexity index is 158. The molecule has 0 saturated carbocycles. The van der Waals surface area contributed by atoms with Gasteiger partial charge < -0.3 is 14.8 Å². The Morgan fingerprint density at radius 1 is 1.38 bits per heavy atom. The van der Waals surface area contributed by atoms with E-state index < -0.39 is 0 Å². The minimum absolute atomic E-state index is 0.552. The molecule has 16 heavy (non-hydrogen) atoms. The molecular weight excluding hydrogens is 202 g/mol. The lowest BCUT2D eigenvalue weighted by Gasteiger charge is -2.17. The fourth-order valence-corrected chi connectivity index (χ4v) is 2.37. The molecule has 1 fully saturated rings. The molecule has 1 rings (SSSR count). The van der Waals surface area contributed by atoms with Crippen LogP contribution >= 0.6 is 0 Å². The molecule has 0 amide bonds. The van der Waals surface area contributed by atoms with Crippen LogP contribution in [0.2, 0.25) is 0 Å². The van der Waals surface area contributed by atoms with Crippen molar-refractivity contribution in [2.45, 2.75) is 57.1 Å². The molecule has 0 bridgehead atoms. The van der Waals surface area contributed by atoms with Gasteiger partial charge in [-0.15, -0.1) is 0 Å². The first-order valence-electron chi connectivity index (χ1n) is 6.64. The van der Waals surface area contributed by atoms with Crippen LogP contribution in [-0.2, 0) is 9.47 Å². The third kappa shape index (κ3) is 5.83. The summed E-state index contributed by atoms with van der Waals surface area (Å²) in [5, 5.41) is 3.39. The molecule has 1 N–H and O–H groups in total. The maximum absolute atomic E-state index is 5.63. The lowest BCUT2D eigenvalue weighted by atomic mass is 10.0. The van der Waals surface area contributed by atoms with Crippen LogP contribution in [0.1, 0.15) is 44.9 Å². The van der Waals surface area contributed by atoms with E-state index in [1.54, 1.807) is 7.11 Å². The first kappa shape index (κ1) is 13.9. The molecule has 3 heteroatoms. The topological polar surface area (TPSA) is 30.5 Å². The van der Waals surface area contributed by atoms with E-state index in [0.29, 0.717) is 12.1 Å². The monoisotopic (exact) mass is 229 g/mol. The van der Waals surface area contributed by atoms with E-state index in [4.69, 9.17) is 9.47 Å². The summed E-state index contributed by atoms with van der Waals surface area (Å²) in [5.74, 6) is 0. The third-order valence-corrected chi connectivity index (χ3v) is 3.41.